The Labute approximate surface area is 202 Å². The summed E-state index contributed by atoms with van der Waals surface area (Å²) in [5, 5.41) is 3.31. The van der Waals surface area contributed by atoms with Crippen molar-refractivity contribution >= 4 is 41.7 Å². The predicted molar refractivity (Wildman–Crippen MR) is 137 cm³/mol. The number of benzene rings is 1. The smallest absolute Gasteiger partial charge is 0.224 e. The van der Waals surface area contributed by atoms with Crippen LogP contribution in [0.5, 0.6) is 0 Å². The highest BCUT2D eigenvalue weighted by Crippen LogP contribution is 2.13. The van der Waals surface area contributed by atoms with Gasteiger partial charge in [-0.15, -0.1) is 24.0 Å². The molecule has 0 unspecified atom stereocenters. The number of aryl methyl sites for hydroxylation is 1. The third-order valence-corrected chi connectivity index (χ3v) is 5.34. The number of carbonyl (C=O) groups excluding carboxylic acids is 1. The van der Waals surface area contributed by atoms with Crippen LogP contribution in [0.2, 0.25) is 0 Å². The SMILES string of the molecule is CN=C(NCCC(=O)N1CCN(c2ccccn2)CC1)N(C)Cc1ccc(C)cc1.I. The molecule has 0 radical (unpaired) electrons. The second kappa shape index (κ2) is 12.5. The van der Waals surface area contributed by atoms with E-state index >= 15 is 0 Å². The summed E-state index contributed by atoms with van der Waals surface area (Å²) >= 11 is 0. The minimum absolute atomic E-state index is 0. The van der Waals surface area contributed by atoms with Crippen molar-refractivity contribution < 1.29 is 4.79 Å². The average molecular weight is 536 g/mol. The average Bonchev–Trinajstić information content (AvgIpc) is 2.78. The number of piperazine rings is 1. The number of rotatable bonds is 6. The van der Waals surface area contributed by atoms with Crippen LogP contribution in [0.3, 0.4) is 0 Å². The summed E-state index contributed by atoms with van der Waals surface area (Å²) in [5.74, 6) is 1.95. The Bertz CT molecular complexity index is 835. The molecule has 0 saturated carbocycles. The summed E-state index contributed by atoms with van der Waals surface area (Å²) in [6.45, 7) is 6.53. The Balaban J connectivity index is 0.00000341. The Kier molecular flexibility index (Phi) is 10.0. The first-order valence-electron chi connectivity index (χ1n) is 10.5. The number of carbonyl (C=O) groups is 1. The van der Waals surface area contributed by atoms with Gasteiger partial charge in [-0.25, -0.2) is 4.98 Å². The molecule has 1 fully saturated rings. The lowest BCUT2D eigenvalue weighted by molar-refractivity contribution is -0.131. The molecule has 0 aliphatic carbocycles. The summed E-state index contributed by atoms with van der Waals surface area (Å²) in [5.41, 5.74) is 2.48. The standard InChI is InChI=1S/C23H32N6O.HI/c1-19-7-9-20(10-8-19)18-27(3)23(24-2)26-13-11-22(30)29-16-14-28(15-17-29)21-6-4-5-12-25-21;/h4-10,12H,11,13-18H2,1-3H3,(H,24,26);1H. The number of hydrogen-bond acceptors (Lipinski definition) is 4. The molecule has 1 aliphatic rings. The van der Waals surface area contributed by atoms with Crippen LogP contribution in [-0.4, -0.2) is 73.5 Å². The van der Waals surface area contributed by atoms with Crippen LogP contribution in [0.25, 0.3) is 0 Å². The molecular formula is C23H33IN6O. The number of nitrogens with one attached hydrogen (secondary N) is 1. The molecule has 3 rings (SSSR count). The summed E-state index contributed by atoms with van der Waals surface area (Å²) in [4.78, 5) is 27.6. The van der Waals surface area contributed by atoms with E-state index in [0.717, 1.165) is 44.5 Å². The molecule has 0 spiro atoms. The van der Waals surface area contributed by atoms with Gasteiger partial charge in [0.15, 0.2) is 5.96 Å². The molecule has 2 heterocycles. The number of nitrogens with zero attached hydrogens (tertiary/aromatic N) is 5. The van der Waals surface area contributed by atoms with Crippen molar-refractivity contribution in [1.82, 2.24) is 20.1 Å². The number of pyridine rings is 1. The molecule has 1 aliphatic heterocycles. The zero-order chi connectivity index (χ0) is 21.3. The zero-order valence-corrected chi connectivity index (χ0v) is 21.0. The number of hydrogen-bond donors (Lipinski definition) is 1. The summed E-state index contributed by atoms with van der Waals surface area (Å²) in [7, 11) is 3.78. The second-order valence-corrected chi connectivity index (χ2v) is 7.62. The largest absolute Gasteiger partial charge is 0.356 e. The zero-order valence-electron chi connectivity index (χ0n) is 18.6. The normalized spacial score (nSPS) is 14.1. The first-order valence-corrected chi connectivity index (χ1v) is 10.5. The van der Waals surface area contributed by atoms with E-state index in [-0.39, 0.29) is 29.9 Å². The molecule has 31 heavy (non-hydrogen) atoms. The lowest BCUT2D eigenvalue weighted by Crippen LogP contribution is -2.49. The fourth-order valence-electron chi connectivity index (χ4n) is 3.59. The summed E-state index contributed by atoms with van der Waals surface area (Å²) < 4.78 is 0. The van der Waals surface area contributed by atoms with Crippen LogP contribution in [-0.2, 0) is 11.3 Å². The van der Waals surface area contributed by atoms with Crippen LogP contribution in [0, 0.1) is 6.92 Å². The molecule has 1 N–H and O–H groups in total. The van der Waals surface area contributed by atoms with Crippen molar-refractivity contribution in [2.75, 3.05) is 51.7 Å². The molecule has 1 aromatic carbocycles. The van der Waals surface area contributed by atoms with Gasteiger partial charge >= 0.3 is 0 Å². The number of aromatic nitrogens is 1. The van der Waals surface area contributed by atoms with Crippen molar-refractivity contribution in [2.45, 2.75) is 19.9 Å². The highest BCUT2D eigenvalue weighted by molar-refractivity contribution is 14.0. The lowest BCUT2D eigenvalue weighted by Gasteiger charge is -2.35. The van der Waals surface area contributed by atoms with Crippen LogP contribution < -0.4 is 10.2 Å². The Morgan fingerprint density at radius 1 is 1.13 bits per heavy atom. The number of anilines is 1. The number of amides is 1. The molecule has 0 atom stereocenters. The fraction of sp³-hybridized carbons (Fsp3) is 0.435. The maximum atomic E-state index is 12.6. The molecule has 0 bridgehead atoms. The quantitative estimate of drug-likeness (QED) is 0.350. The van der Waals surface area contributed by atoms with E-state index in [1.54, 1.807) is 13.2 Å². The highest BCUT2D eigenvalue weighted by atomic mass is 127. The second-order valence-electron chi connectivity index (χ2n) is 7.62. The van der Waals surface area contributed by atoms with Gasteiger partial charge in [-0.2, -0.15) is 0 Å². The molecule has 7 nitrogen and oxygen atoms in total. The van der Waals surface area contributed by atoms with Gasteiger partial charge in [0.1, 0.15) is 5.82 Å². The van der Waals surface area contributed by atoms with E-state index in [9.17, 15) is 4.79 Å². The van der Waals surface area contributed by atoms with E-state index in [0.29, 0.717) is 13.0 Å². The number of halogens is 1. The number of guanidine groups is 1. The van der Waals surface area contributed by atoms with E-state index in [2.05, 4.69) is 56.3 Å². The van der Waals surface area contributed by atoms with E-state index in [1.807, 2.05) is 30.1 Å². The molecular weight excluding hydrogens is 503 g/mol. The third-order valence-electron chi connectivity index (χ3n) is 5.34. The summed E-state index contributed by atoms with van der Waals surface area (Å²) in [6, 6.07) is 14.4. The first-order chi connectivity index (χ1) is 14.6. The maximum absolute atomic E-state index is 12.6. The maximum Gasteiger partial charge on any atom is 0.224 e. The third kappa shape index (κ3) is 7.37. The number of aliphatic imine (C=N–C) groups is 1. The molecule has 1 aromatic heterocycles. The minimum Gasteiger partial charge on any atom is -0.356 e. The molecule has 2 aromatic rings. The van der Waals surface area contributed by atoms with Gasteiger partial charge in [0, 0.05) is 66.0 Å². The van der Waals surface area contributed by atoms with Gasteiger partial charge in [-0.1, -0.05) is 35.9 Å². The minimum atomic E-state index is 0. The fourth-order valence-corrected chi connectivity index (χ4v) is 3.59. The molecule has 168 valence electrons. The topological polar surface area (TPSA) is 64.1 Å². The predicted octanol–water partition coefficient (Wildman–Crippen LogP) is 2.75. The van der Waals surface area contributed by atoms with Crippen molar-refractivity contribution in [3.63, 3.8) is 0 Å². The van der Waals surface area contributed by atoms with Crippen LogP contribution in [0.1, 0.15) is 17.5 Å². The van der Waals surface area contributed by atoms with Gasteiger partial charge in [0.25, 0.3) is 0 Å². The van der Waals surface area contributed by atoms with E-state index in [4.69, 9.17) is 0 Å². The molecule has 1 amide bonds. The van der Waals surface area contributed by atoms with Crippen molar-refractivity contribution in [3.05, 3.63) is 59.8 Å². The van der Waals surface area contributed by atoms with Crippen LogP contribution >= 0.6 is 24.0 Å². The Morgan fingerprint density at radius 3 is 2.45 bits per heavy atom. The molecule has 1 saturated heterocycles. The van der Waals surface area contributed by atoms with Gasteiger partial charge in [0.2, 0.25) is 5.91 Å². The van der Waals surface area contributed by atoms with Crippen LogP contribution in [0.4, 0.5) is 5.82 Å². The monoisotopic (exact) mass is 536 g/mol. The van der Waals surface area contributed by atoms with Crippen LogP contribution in [0.15, 0.2) is 53.7 Å². The van der Waals surface area contributed by atoms with Gasteiger partial charge in [-0.05, 0) is 24.6 Å². The highest BCUT2D eigenvalue weighted by Gasteiger charge is 2.21. The van der Waals surface area contributed by atoms with Gasteiger partial charge in [0.05, 0.1) is 0 Å². The van der Waals surface area contributed by atoms with E-state index in [1.165, 1.54) is 11.1 Å². The Morgan fingerprint density at radius 2 is 1.84 bits per heavy atom. The Hall–Kier alpha value is -2.36. The molecule has 8 heteroatoms. The lowest BCUT2D eigenvalue weighted by atomic mass is 10.1. The van der Waals surface area contributed by atoms with Gasteiger partial charge in [-0.3, -0.25) is 9.79 Å². The van der Waals surface area contributed by atoms with Crippen molar-refractivity contribution in [3.8, 4) is 0 Å². The van der Waals surface area contributed by atoms with E-state index < -0.39 is 0 Å². The summed E-state index contributed by atoms with van der Waals surface area (Å²) in [6.07, 6.45) is 2.27. The van der Waals surface area contributed by atoms with Crippen molar-refractivity contribution in [1.29, 1.82) is 0 Å². The van der Waals surface area contributed by atoms with Crippen molar-refractivity contribution in [2.24, 2.45) is 4.99 Å². The van der Waals surface area contributed by atoms with Gasteiger partial charge < -0.3 is 20.0 Å². The first kappa shape index (κ1) is 24.9.